The molecule has 0 aromatic carbocycles. The first-order valence-electron chi connectivity index (χ1n) is 4.02. The second kappa shape index (κ2) is 6.62. The number of carbonyl (C=O) groups is 2. The van der Waals surface area contributed by atoms with Crippen LogP contribution in [0.3, 0.4) is 0 Å². The minimum atomic E-state index is -1.08. The molecular formula is C9H10ClNO5. The van der Waals surface area contributed by atoms with E-state index in [1.54, 1.807) is 0 Å². The maximum Gasteiger partial charge on any atom is 0.356 e. The molecule has 1 aromatic heterocycles. The second-order valence-corrected chi connectivity index (χ2v) is 2.55. The summed E-state index contributed by atoms with van der Waals surface area (Å²) >= 11 is 0. The Balaban J connectivity index is 0.00000225. The number of hydrogen-bond acceptors (Lipinski definition) is 5. The van der Waals surface area contributed by atoms with Crippen LogP contribution in [0.4, 0.5) is 0 Å². The zero-order valence-corrected chi connectivity index (χ0v) is 9.19. The molecular weight excluding hydrogens is 238 g/mol. The molecule has 6 nitrogen and oxygen atoms in total. The third-order valence-corrected chi connectivity index (χ3v) is 1.49. The molecule has 0 amide bonds. The van der Waals surface area contributed by atoms with E-state index < -0.39 is 18.5 Å². The summed E-state index contributed by atoms with van der Waals surface area (Å²) in [6.07, 6.45) is 1.26. The molecule has 16 heavy (non-hydrogen) atoms. The Kier molecular flexibility index (Phi) is 5.87. The van der Waals surface area contributed by atoms with Crippen molar-refractivity contribution in [2.24, 2.45) is 0 Å². The van der Waals surface area contributed by atoms with Crippen molar-refractivity contribution in [2.75, 3.05) is 13.7 Å². The van der Waals surface area contributed by atoms with Crippen LogP contribution in [0.15, 0.2) is 18.3 Å². The molecule has 88 valence electrons. The summed E-state index contributed by atoms with van der Waals surface area (Å²) in [7, 11) is 1.25. The van der Waals surface area contributed by atoms with Gasteiger partial charge in [0.05, 0.1) is 13.3 Å². The lowest BCUT2D eigenvalue weighted by molar-refractivity contribution is -0.139. The number of ether oxygens (including phenoxy) is 2. The van der Waals surface area contributed by atoms with Gasteiger partial charge in [-0.25, -0.2) is 14.6 Å². The maximum atomic E-state index is 11.0. The molecule has 0 aliphatic rings. The van der Waals surface area contributed by atoms with Crippen LogP contribution < -0.4 is 4.74 Å². The zero-order chi connectivity index (χ0) is 11.3. The van der Waals surface area contributed by atoms with Crippen molar-refractivity contribution in [2.45, 2.75) is 0 Å². The quantitative estimate of drug-likeness (QED) is 0.791. The molecule has 1 heterocycles. The second-order valence-electron chi connectivity index (χ2n) is 2.55. The summed E-state index contributed by atoms with van der Waals surface area (Å²) in [6.45, 7) is -0.445. The highest BCUT2D eigenvalue weighted by Crippen LogP contribution is 2.09. The Hall–Kier alpha value is -1.82. The first-order valence-corrected chi connectivity index (χ1v) is 4.02. The lowest BCUT2D eigenvalue weighted by Crippen LogP contribution is -2.10. The van der Waals surface area contributed by atoms with Crippen LogP contribution in [-0.4, -0.2) is 35.7 Å². The number of hydrogen-bond donors (Lipinski definition) is 1. The van der Waals surface area contributed by atoms with E-state index in [0.717, 1.165) is 0 Å². The monoisotopic (exact) mass is 247 g/mol. The molecule has 0 fully saturated rings. The average Bonchev–Trinajstić information content (AvgIpc) is 2.26. The number of nitrogens with zero attached hydrogens (tertiary/aromatic N) is 1. The Morgan fingerprint density at radius 3 is 2.56 bits per heavy atom. The van der Waals surface area contributed by atoms with E-state index in [9.17, 15) is 9.59 Å². The van der Waals surface area contributed by atoms with Crippen LogP contribution in [0.2, 0.25) is 0 Å². The average molecular weight is 248 g/mol. The fraction of sp³-hybridized carbons (Fsp3) is 0.222. The van der Waals surface area contributed by atoms with Crippen LogP contribution in [0.5, 0.6) is 5.75 Å². The Labute approximate surface area is 97.6 Å². The van der Waals surface area contributed by atoms with Gasteiger partial charge in [-0.2, -0.15) is 0 Å². The number of halogens is 1. The van der Waals surface area contributed by atoms with E-state index in [1.807, 2.05) is 0 Å². The number of aromatic nitrogens is 1. The maximum absolute atomic E-state index is 11.0. The molecule has 0 saturated heterocycles. The number of esters is 1. The third-order valence-electron chi connectivity index (χ3n) is 1.49. The number of carbonyl (C=O) groups excluding carboxylic acids is 1. The van der Waals surface area contributed by atoms with Gasteiger partial charge in [0.15, 0.2) is 6.61 Å². The Morgan fingerprint density at radius 1 is 1.44 bits per heavy atom. The molecule has 1 aromatic rings. The van der Waals surface area contributed by atoms with E-state index >= 15 is 0 Å². The number of pyridine rings is 1. The molecule has 1 rings (SSSR count). The van der Waals surface area contributed by atoms with E-state index in [1.165, 1.54) is 25.4 Å². The first-order chi connectivity index (χ1) is 7.13. The summed E-state index contributed by atoms with van der Waals surface area (Å²) in [5, 5.41) is 8.34. The van der Waals surface area contributed by atoms with Crippen LogP contribution >= 0.6 is 12.4 Å². The standard InChI is InChI=1S/C9H9NO5.ClH/c1-14-9(13)7-3-2-6(4-10-7)15-5-8(11)12;/h2-4H,5H2,1H3,(H,11,12);1H. The van der Waals surface area contributed by atoms with Crippen molar-refractivity contribution in [3.8, 4) is 5.75 Å². The number of methoxy groups -OCH3 is 1. The number of carboxylic acids is 1. The minimum absolute atomic E-state index is 0. The summed E-state index contributed by atoms with van der Waals surface area (Å²) in [5.74, 6) is -1.35. The van der Waals surface area contributed by atoms with Gasteiger partial charge in [0.1, 0.15) is 11.4 Å². The van der Waals surface area contributed by atoms with Gasteiger partial charge in [0, 0.05) is 0 Å². The normalized spacial score (nSPS) is 8.81. The molecule has 0 unspecified atom stereocenters. The number of carboxylic acid groups (broad SMARTS) is 1. The SMILES string of the molecule is COC(=O)c1ccc(OCC(=O)O)cn1.Cl. The van der Waals surface area contributed by atoms with Crippen molar-refractivity contribution < 1.29 is 24.2 Å². The summed E-state index contributed by atoms with van der Waals surface area (Å²) in [6, 6.07) is 2.84. The van der Waals surface area contributed by atoms with E-state index in [4.69, 9.17) is 9.84 Å². The van der Waals surface area contributed by atoms with Crippen molar-refractivity contribution in [1.29, 1.82) is 0 Å². The smallest absolute Gasteiger partial charge is 0.356 e. The van der Waals surface area contributed by atoms with Crippen molar-refractivity contribution in [1.82, 2.24) is 4.98 Å². The van der Waals surface area contributed by atoms with Gasteiger partial charge in [-0.15, -0.1) is 12.4 Å². The molecule has 0 saturated carbocycles. The molecule has 0 aliphatic carbocycles. The summed E-state index contributed by atoms with van der Waals surface area (Å²) in [5.41, 5.74) is 0.139. The lowest BCUT2D eigenvalue weighted by Gasteiger charge is -2.02. The van der Waals surface area contributed by atoms with Gasteiger partial charge >= 0.3 is 11.9 Å². The van der Waals surface area contributed by atoms with Gasteiger partial charge in [0.25, 0.3) is 0 Å². The number of rotatable bonds is 4. The third kappa shape index (κ3) is 4.14. The van der Waals surface area contributed by atoms with Gasteiger partial charge < -0.3 is 14.6 Å². The molecule has 0 radical (unpaired) electrons. The van der Waals surface area contributed by atoms with Gasteiger partial charge in [-0.1, -0.05) is 0 Å². The van der Waals surface area contributed by atoms with Gasteiger partial charge in [-0.3, -0.25) is 0 Å². The lowest BCUT2D eigenvalue weighted by atomic mass is 10.3. The largest absolute Gasteiger partial charge is 0.480 e. The van der Waals surface area contributed by atoms with E-state index in [-0.39, 0.29) is 23.9 Å². The predicted octanol–water partition coefficient (Wildman–Crippen LogP) is 0.753. The first kappa shape index (κ1) is 14.2. The minimum Gasteiger partial charge on any atom is -0.480 e. The number of aliphatic carboxylic acids is 1. The van der Waals surface area contributed by atoms with Crippen LogP contribution in [0, 0.1) is 0 Å². The topological polar surface area (TPSA) is 85.7 Å². The predicted molar refractivity (Wildman–Crippen MR) is 56.0 cm³/mol. The van der Waals surface area contributed by atoms with E-state index in [0.29, 0.717) is 0 Å². The highest BCUT2D eigenvalue weighted by molar-refractivity contribution is 5.87. The Bertz CT molecular complexity index is 365. The Morgan fingerprint density at radius 2 is 2.12 bits per heavy atom. The summed E-state index contributed by atoms with van der Waals surface area (Å²) < 4.78 is 9.26. The van der Waals surface area contributed by atoms with Crippen molar-refractivity contribution >= 4 is 24.3 Å². The van der Waals surface area contributed by atoms with Crippen LogP contribution in [0.25, 0.3) is 0 Å². The molecule has 1 N–H and O–H groups in total. The van der Waals surface area contributed by atoms with Crippen LogP contribution in [-0.2, 0) is 9.53 Å². The van der Waals surface area contributed by atoms with Gasteiger partial charge in [0.2, 0.25) is 0 Å². The van der Waals surface area contributed by atoms with Crippen molar-refractivity contribution in [3.63, 3.8) is 0 Å². The molecule has 0 spiro atoms. The zero-order valence-electron chi connectivity index (χ0n) is 8.37. The molecule has 0 bridgehead atoms. The van der Waals surface area contributed by atoms with Gasteiger partial charge in [-0.05, 0) is 12.1 Å². The highest BCUT2D eigenvalue weighted by atomic mass is 35.5. The van der Waals surface area contributed by atoms with Crippen LogP contribution in [0.1, 0.15) is 10.5 Å². The molecule has 0 aliphatic heterocycles. The summed E-state index contributed by atoms with van der Waals surface area (Å²) in [4.78, 5) is 24.9. The fourth-order valence-corrected chi connectivity index (χ4v) is 0.836. The fourth-order valence-electron chi connectivity index (χ4n) is 0.836. The van der Waals surface area contributed by atoms with Crippen molar-refractivity contribution in [3.05, 3.63) is 24.0 Å². The molecule has 7 heteroatoms. The highest BCUT2D eigenvalue weighted by Gasteiger charge is 2.06. The molecule has 0 atom stereocenters. The van der Waals surface area contributed by atoms with E-state index in [2.05, 4.69) is 9.72 Å².